The van der Waals surface area contributed by atoms with E-state index in [4.69, 9.17) is 4.98 Å². The highest BCUT2D eigenvalue weighted by molar-refractivity contribution is 5.94. The molecule has 0 radical (unpaired) electrons. The molecule has 2 aromatic heterocycles. The molecule has 4 rings (SSSR count). The lowest BCUT2D eigenvalue weighted by Gasteiger charge is -2.33. The number of carbonyl (C=O) groups excluding carboxylic acids is 1. The fraction of sp³-hybridized carbons (Fsp3) is 0.304. The van der Waals surface area contributed by atoms with E-state index in [1.165, 1.54) is 6.07 Å². The highest BCUT2D eigenvalue weighted by Crippen LogP contribution is 2.29. The lowest BCUT2D eigenvalue weighted by atomic mass is 9.93. The summed E-state index contributed by atoms with van der Waals surface area (Å²) in [4.78, 5) is 28.2. The number of anilines is 1. The van der Waals surface area contributed by atoms with Gasteiger partial charge in [0.2, 0.25) is 0 Å². The second kappa shape index (κ2) is 8.57. The van der Waals surface area contributed by atoms with E-state index in [0.717, 1.165) is 29.9 Å². The van der Waals surface area contributed by atoms with E-state index in [1.54, 1.807) is 36.4 Å². The Morgan fingerprint density at radius 2 is 1.97 bits per heavy atom. The van der Waals surface area contributed by atoms with Crippen LogP contribution < -0.4 is 5.32 Å². The summed E-state index contributed by atoms with van der Waals surface area (Å²) >= 11 is 0. The molecule has 1 saturated heterocycles. The summed E-state index contributed by atoms with van der Waals surface area (Å²) in [5.74, 6) is 0.953. The Labute approximate surface area is 175 Å². The minimum absolute atomic E-state index is 0.0914. The van der Waals surface area contributed by atoms with Gasteiger partial charge in [0.15, 0.2) is 5.82 Å². The molecule has 3 aromatic rings. The van der Waals surface area contributed by atoms with Crippen molar-refractivity contribution >= 4 is 11.7 Å². The first-order valence-electron chi connectivity index (χ1n) is 10.1. The fourth-order valence-electron chi connectivity index (χ4n) is 3.74. The smallest absolute Gasteiger partial charge is 0.253 e. The molecule has 1 aromatic carbocycles. The van der Waals surface area contributed by atoms with Crippen LogP contribution in [0.25, 0.3) is 11.4 Å². The zero-order valence-electron chi connectivity index (χ0n) is 17.1. The SMILES string of the molecule is CNc1cc(C2CCCN(C(=O)c3ccc(C)c(F)c3)C2)nc(-c2ccncc2)n1. The second-order valence-electron chi connectivity index (χ2n) is 7.54. The second-order valence-corrected chi connectivity index (χ2v) is 7.54. The fourth-order valence-corrected chi connectivity index (χ4v) is 3.74. The third-order valence-corrected chi connectivity index (χ3v) is 5.49. The number of hydrogen-bond acceptors (Lipinski definition) is 5. The van der Waals surface area contributed by atoms with E-state index in [2.05, 4.69) is 15.3 Å². The van der Waals surface area contributed by atoms with Crippen molar-refractivity contribution in [1.82, 2.24) is 19.9 Å². The van der Waals surface area contributed by atoms with E-state index in [9.17, 15) is 9.18 Å². The number of nitrogens with one attached hydrogen (secondary N) is 1. The number of amides is 1. The Balaban J connectivity index is 1.60. The van der Waals surface area contributed by atoms with Gasteiger partial charge in [-0.25, -0.2) is 14.4 Å². The van der Waals surface area contributed by atoms with E-state index in [1.807, 2.05) is 25.2 Å². The van der Waals surface area contributed by atoms with Crippen LogP contribution in [0.15, 0.2) is 48.8 Å². The van der Waals surface area contributed by atoms with Crippen LogP contribution in [0.1, 0.15) is 40.4 Å². The van der Waals surface area contributed by atoms with Crippen LogP contribution in [0, 0.1) is 12.7 Å². The van der Waals surface area contributed by atoms with Gasteiger partial charge in [0.25, 0.3) is 5.91 Å². The van der Waals surface area contributed by atoms with Gasteiger partial charge in [-0.15, -0.1) is 0 Å². The molecule has 1 fully saturated rings. The number of rotatable bonds is 4. The Morgan fingerprint density at radius 1 is 1.17 bits per heavy atom. The Bertz CT molecular complexity index is 1060. The van der Waals surface area contributed by atoms with Gasteiger partial charge in [0, 0.05) is 55.6 Å². The summed E-state index contributed by atoms with van der Waals surface area (Å²) in [6, 6.07) is 10.4. The van der Waals surface area contributed by atoms with Crippen molar-refractivity contribution in [3.8, 4) is 11.4 Å². The zero-order valence-corrected chi connectivity index (χ0v) is 17.1. The van der Waals surface area contributed by atoms with Crippen LogP contribution >= 0.6 is 0 Å². The first kappa shape index (κ1) is 19.9. The van der Waals surface area contributed by atoms with Crippen LogP contribution in [-0.4, -0.2) is 45.9 Å². The Hall–Kier alpha value is -3.35. The minimum atomic E-state index is -0.356. The van der Waals surface area contributed by atoms with Gasteiger partial charge < -0.3 is 10.2 Å². The number of benzene rings is 1. The Morgan fingerprint density at radius 3 is 2.70 bits per heavy atom. The highest BCUT2D eigenvalue weighted by atomic mass is 19.1. The molecular weight excluding hydrogens is 381 g/mol. The van der Waals surface area contributed by atoms with E-state index in [-0.39, 0.29) is 17.6 Å². The molecular formula is C23H24FN5O. The molecule has 7 heteroatoms. The van der Waals surface area contributed by atoms with Crippen molar-refractivity contribution in [3.63, 3.8) is 0 Å². The molecule has 6 nitrogen and oxygen atoms in total. The summed E-state index contributed by atoms with van der Waals surface area (Å²) in [5, 5.41) is 3.10. The third kappa shape index (κ3) is 4.15. The van der Waals surface area contributed by atoms with Crippen molar-refractivity contribution in [3.05, 3.63) is 71.4 Å². The maximum atomic E-state index is 13.9. The number of pyridine rings is 1. The van der Waals surface area contributed by atoms with Crippen LogP contribution in [-0.2, 0) is 0 Å². The molecule has 1 aliphatic rings. The lowest BCUT2D eigenvalue weighted by Crippen LogP contribution is -2.39. The molecule has 1 aliphatic heterocycles. The quantitative estimate of drug-likeness (QED) is 0.709. The van der Waals surface area contributed by atoms with Crippen LogP contribution in [0.3, 0.4) is 0 Å². The van der Waals surface area contributed by atoms with E-state index in [0.29, 0.717) is 30.0 Å². The van der Waals surface area contributed by atoms with E-state index >= 15 is 0 Å². The van der Waals surface area contributed by atoms with Crippen LogP contribution in [0.5, 0.6) is 0 Å². The van der Waals surface area contributed by atoms with E-state index < -0.39 is 0 Å². The molecule has 1 atom stereocenters. The predicted octanol–water partition coefficient (Wildman–Crippen LogP) is 4.05. The van der Waals surface area contributed by atoms with Gasteiger partial charge in [0.05, 0.1) is 5.69 Å². The monoisotopic (exact) mass is 405 g/mol. The predicted molar refractivity (Wildman–Crippen MR) is 114 cm³/mol. The molecule has 3 heterocycles. The molecule has 1 unspecified atom stereocenters. The number of aromatic nitrogens is 3. The van der Waals surface area contributed by atoms with Gasteiger partial charge in [-0.05, 0) is 49.6 Å². The highest BCUT2D eigenvalue weighted by Gasteiger charge is 2.27. The summed E-state index contributed by atoms with van der Waals surface area (Å²) < 4.78 is 13.9. The van der Waals surface area contributed by atoms with Crippen molar-refractivity contribution < 1.29 is 9.18 Å². The van der Waals surface area contributed by atoms with Gasteiger partial charge in [-0.1, -0.05) is 6.07 Å². The zero-order chi connectivity index (χ0) is 21.1. The molecule has 30 heavy (non-hydrogen) atoms. The van der Waals surface area contributed by atoms with Crippen LogP contribution in [0.2, 0.25) is 0 Å². The van der Waals surface area contributed by atoms with Crippen LogP contribution in [0.4, 0.5) is 10.2 Å². The van der Waals surface area contributed by atoms with Gasteiger partial charge >= 0.3 is 0 Å². The average molecular weight is 405 g/mol. The van der Waals surface area contributed by atoms with Crippen molar-refractivity contribution in [2.24, 2.45) is 0 Å². The number of likely N-dealkylation sites (tertiary alicyclic amines) is 1. The number of carbonyl (C=O) groups is 1. The molecule has 154 valence electrons. The molecule has 0 saturated carbocycles. The first-order valence-corrected chi connectivity index (χ1v) is 10.1. The minimum Gasteiger partial charge on any atom is -0.373 e. The maximum Gasteiger partial charge on any atom is 0.253 e. The number of nitrogens with zero attached hydrogens (tertiary/aromatic N) is 4. The molecule has 1 amide bonds. The topological polar surface area (TPSA) is 71.0 Å². The summed E-state index contributed by atoms with van der Waals surface area (Å²) in [6.07, 6.45) is 5.23. The van der Waals surface area contributed by atoms with Gasteiger partial charge in [-0.2, -0.15) is 0 Å². The maximum absolute atomic E-state index is 13.9. The third-order valence-electron chi connectivity index (χ3n) is 5.49. The van der Waals surface area contributed by atoms with Gasteiger partial charge in [0.1, 0.15) is 11.6 Å². The molecule has 0 aliphatic carbocycles. The number of halogens is 1. The molecule has 0 bridgehead atoms. The summed E-state index contributed by atoms with van der Waals surface area (Å²) in [6.45, 7) is 2.89. The summed E-state index contributed by atoms with van der Waals surface area (Å²) in [7, 11) is 1.82. The number of hydrogen-bond donors (Lipinski definition) is 1. The Kier molecular flexibility index (Phi) is 5.70. The largest absolute Gasteiger partial charge is 0.373 e. The van der Waals surface area contributed by atoms with Crippen molar-refractivity contribution in [2.45, 2.75) is 25.7 Å². The lowest BCUT2D eigenvalue weighted by molar-refractivity contribution is 0.0705. The normalized spacial score (nSPS) is 16.4. The molecule has 1 N–H and O–H groups in total. The number of aryl methyl sites for hydroxylation is 1. The van der Waals surface area contributed by atoms with Crippen molar-refractivity contribution in [2.75, 3.05) is 25.5 Å². The average Bonchev–Trinajstić information content (AvgIpc) is 2.80. The van der Waals surface area contributed by atoms with Gasteiger partial charge in [-0.3, -0.25) is 9.78 Å². The summed E-state index contributed by atoms with van der Waals surface area (Å²) in [5.41, 5.74) is 2.71. The molecule has 0 spiro atoms. The van der Waals surface area contributed by atoms with Crippen molar-refractivity contribution in [1.29, 1.82) is 0 Å². The first-order chi connectivity index (χ1) is 14.5. The standard InChI is InChI=1S/C23H24FN5O/c1-15-5-6-17(12-19(15)24)23(30)29-11-3-4-18(14-29)20-13-21(25-2)28-22(27-20)16-7-9-26-10-8-16/h5-10,12-13,18H,3-4,11,14H2,1-2H3,(H,25,27,28). The number of piperidine rings is 1.